The predicted molar refractivity (Wildman–Crippen MR) is 91.3 cm³/mol. The molecule has 1 aliphatic carbocycles. The van der Waals surface area contributed by atoms with Crippen LogP contribution in [0.1, 0.15) is 55.5 Å². The van der Waals surface area contributed by atoms with Crippen molar-refractivity contribution < 1.29 is 0 Å². The van der Waals surface area contributed by atoms with Gasteiger partial charge in [0.2, 0.25) is 0 Å². The quantitative estimate of drug-likeness (QED) is 0.654. The molecule has 1 heterocycles. The highest BCUT2D eigenvalue weighted by Crippen LogP contribution is 2.40. The summed E-state index contributed by atoms with van der Waals surface area (Å²) >= 11 is 0. The van der Waals surface area contributed by atoms with Crippen molar-refractivity contribution in [1.29, 1.82) is 0 Å². The van der Waals surface area contributed by atoms with E-state index in [1.54, 1.807) is 0 Å². The highest BCUT2D eigenvalue weighted by Gasteiger charge is 2.29. The van der Waals surface area contributed by atoms with Crippen LogP contribution in [0.2, 0.25) is 0 Å². The van der Waals surface area contributed by atoms with Gasteiger partial charge < -0.3 is 4.57 Å². The van der Waals surface area contributed by atoms with Crippen LogP contribution in [-0.4, -0.2) is 9.55 Å². The Hall–Kier alpha value is -2.09. The first kappa shape index (κ1) is 13.6. The highest BCUT2D eigenvalue weighted by molar-refractivity contribution is 5.76. The summed E-state index contributed by atoms with van der Waals surface area (Å²) < 4.78 is 2.41. The molecule has 0 saturated heterocycles. The van der Waals surface area contributed by atoms with Crippen LogP contribution in [0.3, 0.4) is 0 Å². The smallest absolute Gasteiger partial charge is 0.113 e. The van der Waals surface area contributed by atoms with Crippen LogP contribution in [-0.2, 0) is 6.54 Å². The number of benzene rings is 2. The van der Waals surface area contributed by atoms with E-state index in [0.29, 0.717) is 11.8 Å². The molecule has 22 heavy (non-hydrogen) atoms. The summed E-state index contributed by atoms with van der Waals surface area (Å²) in [5.41, 5.74) is 5.15. The SMILES string of the molecule is CC(C)c1ccc(Cn2c(C3CC3)nc3ccccc32)cc1. The van der Waals surface area contributed by atoms with E-state index in [-0.39, 0.29) is 0 Å². The average molecular weight is 290 g/mol. The monoisotopic (exact) mass is 290 g/mol. The average Bonchev–Trinajstić information content (AvgIpc) is 3.31. The zero-order chi connectivity index (χ0) is 15.1. The topological polar surface area (TPSA) is 17.8 Å². The third kappa shape index (κ3) is 2.43. The van der Waals surface area contributed by atoms with Gasteiger partial charge in [0.25, 0.3) is 0 Å². The molecule has 0 bridgehead atoms. The van der Waals surface area contributed by atoms with E-state index in [4.69, 9.17) is 4.98 Å². The van der Waals surface area contributed by atoms with Crippen LogP contribution in [0.5, 0.6) is 0 Å². The minimum Gasteiger partial charge on any atom is -0.323 e. The molecule has 1 aliphatic rings. The molecule has 1 fully saturated rings. The van der Waals surface area contributed by atoms with Crippen LogP contribution in [0.4, 0.5) is 0 Å². The maximum atomic E-state index is 4.88. The summed E-state index contributed by atoms with van der Waals surface area (Å²) in [4.78, 5) is 4.88. The lowest BCUT2D eigenvalue weighted by atomic mass is 10.0. The maximum absolute atomic E-state index is 4.88. The van der Waals surface area contributed by atoms with Crippen molar-refractivity contribution in [3.63, 3.8) is 0 Å². The minimum atomic E-state index is 0.588. The van der Waals surface area contributed by atoms with Gasteiger partial charge in [0, 0.05) is 12.5 Å². The molecule has 0 radical (unpaired) electrons. The number of aromatic nitrogens is 2. The van der Waals surface area contributed by atoms with E-state index in [9.17, 15) is 0 Å². The Labute approximate surface area is 131 Å². The van der Waals surface area contributed by atoms with Crippen molar-refractivity contribution in [1.82, 2.24) is 9.55 Å². The van der Waals surface area contributed by atoms with Crippen LogP contribution in [0.15, 0.2) is 48.5 Å². The molecule has 3 aromatic rings. The fourth-order valence-electron chi connectivity index (χ4n) is 3.10. The molecule has 0 N–H and O–H groups in total. The van der Waals surface area contributed by atoms with Gasteiger partial charge in [-0.15, -0.1) is 0 Å². The Morgan fingerprint density at radius 3 is 2.45 bits per heavy atom. The third-order valence-corrected chi connectivity index (χ3v) is 4.61. The van der Waals surface area contributed by atoms with Crippen LogP contribution < -0.4 is 0 Å². The van der Waals surface area contributed by atoms with E-state index >= 15 is 0 Å². The molecule has 2 nitrogen and oxygen atoms in total. The van der Waals surface area contributed by atoms with E-state index in [1.807, 2.05) is 0 Å². The lowest BCUT2D eigenvalue weighted by molar-refractivity contribution is 0.746. The summed E-state index contributed by atoms with van der Waals surface area (Å²) in [5.74, 6) is 2.53. The van der Waals surface area contributed by atoms with E-state index in [2.05, 4.69) is 66.9 Å². The number of hydrogen-bond donors (Lipinski definition) is 0. The van der Waals surface area contributed by atoms with Gasteiger partial charge in [-0.1, -0.05) is 50.2 Å². The standard InChI is InChI=1S/C20H22N2/c1-14(2)16-9-7-15(8-10-16)13-22-19-6-4-3-5-18(19)21-20(22)17-11-12-17/h3-10,14,17H,11-13H2,1-2H3. The highest BCUT2D eigenvalue weighted by atomic mass is 15.1. The first-order valence-electron chi connectivity index (χ1n) is 8.26. The molecule has 112 valence electrons. The lowest BCUT2D eigenvalue weighted by Crippen LogP contribution is -2.04. The summed E-state index contributed by atoms with van der Waals surface area (Å²) in [7, 11) is 0. The van der Waals surface area contributed by atoms with E-state index in [0.717, 1.165) is 12.1 Å². The second-order valence-corrected chi connectivity index (χ2v) is 6.72. The van der Waals surface area contributed by atoms with Crippen molar-refractivity contribution in [2.45, 2.75) is 45.1 Å². The van der Waals surface area contributed by atoms with Crippen molar-refractivity contribution in [2.24, 2.45) is 0 Å². The molecular formula is C20H22N2. The predicted octanol–water partition coefficient (Wildman–Crippen LogP) is 5.09. The molecule has 2 aromatic carbocycles. The molecule has 0 amide bonds. The molecule has 4 rings (SSSR count). The lowest BCUT2D eigenvalue weighted by Gasteiger charge is -2.11. The van der Waals surface area contributed by atoms with Gasteiger partial charge >= 0.3 is 0 Å². The molecule has 2 heteroatoms. The molecule has 0 aliphatic heterocycles. The second-order valence-electron chi connectivity index (χ2n) is 6.72. The number of rotatable bonds is 4. The number of nitrogens with zero attached hydrogens (tertiary/aromatic N) is 2. The Bertz CT molecular complexity index is 792. The molecule has 1 aromatic heterocycles. The summed E-state index contributed by atoms with van der Waals surface area (Å²) in [5, 5.41) is 0. The van der Waals surface area contributed by atoms with Crippen molar-refractivity contribution in [3.8, 4) is 0 Å². The number of fused-ring (bicyclic) bond motifs is 1. The van der Waals surface area contributed by atoms with Crippen molar-refractivity contribution >= 4 is 11.0 Å². The van der Waals surface area contributed by atoms with Gasteiger partial charge in [-0.25, -0.2) is 4.98 Å². The number of para-hydroxylation sites is 2. The molecular weight excluding hydrogens is 268 g/mol. The zero-order valence-corrected chi connectivity index (χ0v) is 13.3. The van der Waals surface area contributed by atoms with Gasteiger partial charge in [-0.3, -0.25) is 0 Å². The fourth-order valence-corrected chi connectivity index (χ4v) is 3.10. The van der Waals surface area contributed by atoms with Gasteiger partial charge in [-0.2, -0.15) is 0 Å². The Kier molecular flexibility index (Phi) is 3.25. The Morgan fingerprint density at radius 2 is 1.77 bits per heavy atom. The van der Waals surface area contributed by atoms with Crippen LogP contribution in [0, 0.1) is 0 Å². The van der Waals surface area contributed by atoms with E-state index in [1.165, 1.54) is 35.3 Å². The molecule has 0 atom stereocenters. The van der Waals surface area contributed by atoms with Gasteiger partial charge in [-0.05, 0) is 42.0 Å². The third-order valence-electron chi connectivity index (χ3n) is 4.61. The summed E-state index contributed by atoms with van der Waals surface area (Å²) in [6, 6.07) is 17.6. The normalized spacial score (nSPS) is 14.9. The first-order valence-corrected chi connectivity index (χ1v) is 8.26. The number of imidazole rings is 1. The largest absolute Gasteiger partial charge is 0.323 e. The maximum Gasteiger partial charge on any atom is 0.113 e. The first-order chi connectivity index (χ1) is 10.7. The van der Waals surface area contributed by atoms with Gasteiger partial charge in [0.05, 0.1) is 11.0 Å². The van der Waals surface area contributed by atoms with Crippen LogP contribution >= 0.6 is 0 Å². The number of hydrogen-bond acceptors (Lipinski definition) is 1. The Morgan fingerprint density at radius 1 is 1.05 bits per heavy atom. The zero-order valence-electron chi connectivity index (χ0n) is 13.3. The van der Waals surface area contributed by atoms with Gasteiger partial charge in [0.15, 0.2) is 0 Å². The van der Waals surface area contributed by atoms with Crippen molar-refractivity contribution in [3.05, 3.63) is 65.5 Å². The summed E-state index contributed by atoms with van der Waals surface area (Å²) in [6.07, 6.45) is 2.57. The molecule has 0 unspecified atom stereocenters. The van der Waals surface area contributed by atoms with E-state index < -0.39 is 0 Å². The summed E-state index contributed by atoms with van der Waals surface area (Å²) in [6.45, 7) is 5.40. The van der Waals surface area contributed by atoms with Crippen LogP contribution in [0.25, 0.3) is 11.0 Å². The Balaban J connectivity index is 1.72. The van der Waals surface area contributed by atoms with Crippen molar-refractivity contribution in [2.75, 3.05) is 0 Å². The molecule has 1 saturated carbocycles. The molecule has 0 spiro atoms. The van der Waals surface area contributed by atoms with Gasteiger partial charge in [0.1, 0.15) is 5.82 Å². The fraction of sp³-hybridized carbons (Fsp3) is 0.350. The second kappa shape index (κ2) is 5.28. The minimum absolute atomic E-state index is 0.588.